The van der Waals surface area contributed by atoms with Crippen LogP contribution in [0.1, 0.15) is 48.0 Å². The highest BCUT2D eigenvalue weighted by molar-refractivity contribution is 6.01. The Bertz CT molecular complexity index is 508. The number of carboxylic acid groups (broad SMARTS) is 1. The van der Waals surface area contributed by atoms with Crippen molar-refractivity contribution in [3.63, 3.8) is 0 Å². The van der Waals surface area contributed by atoms with Gasteiger partial charge in [-0.25, -0.2) is 9.59 Å². The summed E-state index contributed by atoms with van der Waals surface area (Å²) in [6.07, 6.45) is 5.48. The summed E-state index contributed by atoms with van der Waals surface area (Å²) < 4.78 is 0. The van der Waals surface area contributed by atoms with Gasteiger partial charge in [0.05, 0.1) is 11.3 Å². The molecule has 0 aliphatic heterocycles. The van der Waals surface area contributed by atoms with Crippen LogP contribution in [0, 0.1) is 6.92 Å². The Morgan fingerprint density at radius 2 is 1.90 bits per heavy atom. The molecule has 1 aliphatic rings. The minimum absolute atomic E-state index is 0.115. The first-order chi connectivity index (χ1) is 9.58. The Balaban J connectivity index is 2.05. The van der Waals surface area contributed by atoms with Gasteiger partial charge in [0.1, 0.15) is 0 Å². The number of aromatic carboxylic acids is 1. The Morgan fingerprint density at radius 1 is 1.20 bits per heavy atom. The van der Waals surface area contributed by atoms with Crippen LogP contribution in [-0.2, 0) is 0 Å². The molecule has 1 aromatic rings. The highest BCUT2D eigenvalue weighted by Crippen LogP contribution is 2.21. The van der Waals surface area contributed by atoms with Gasteiger partial charge in [0.25, 0.3) is 0 Å². The van der Waals surface area contributed by atoms with Crippen LogP contribution in [0.2, 0.25) is 0 Å². The van der Waals surface area contributed by atoms with Crippen LogP contribution in [0.15, 0.2) is 18.2 Å². The number of rotatable bonds is 3. The summed E-state index contributed by atoms with van der Waals surface area (Å²) in [5.74, 6) is -1.04. The van der Waals surface area contributed by atoms with Crippen molar-refractivity contribution in [1.82, 2.24) is 5.32 Å². The molecule has 3 N–H and O–H groups in total. The smallest absolute Gasteiger partial charge is 0.337 e. The number of carbonyl (C=O) groups is 2. The minimum atomic E-state index is -1.04. The fourth-order valence-corrected chi connectivity index (χ4v) is 2.59. The van der Waals surface area contributed by atoms with Crippen molar-refractivity contribution in [3.05, 3.63) is 29.3 Å². The summed E-state index contributed by atoms with van der Waals surface area (Å²) >= 11 is 0. The Morgan fingerprint density at radius 3 is 2.55 bits per heavy atom. The topological polar surface area (TPSA) is 78.4 Å². The average Bonchev–Trinajstić information content (AvgIpc) is 2.42. The van der Waals surface area contributed by atoms with E-state index >= 15 is 0 Å². The van der Waals surface area contributed by atoms with Gasteiger partial charge in [0.2, 0.25) is 0 Å². The van der Waals surface area contributed by atoms with Crippen molar-refractivity contribution in [2.75, 3.05) is 5.32 Å². The predicted molar refractivity (Wildman–Crippen MR) is 77.2 cm³/mol. The van der Waals surface area contributed by atoms with Crippen LogP contribution in [0.4, 0.5) is 10.5 Å². The van der Waals surface area contributed by atoms with Crippen molar-refractivity contribution in [1.29, 1.82) is 0 Å². The van der Waals surface area contributed by atoms with Crippen molar-refractivity contribution in [2.45, 2.75) is 45.1 Å². The molecule has 1 saturated carbocycles. The molecule has 0 unspecified atom stereocenters. The highest BCUT2D eigenvalue weighted by Gasteiger charge is 2.18. The summed E-state index contributed by atoms with van der Waals surface area (Å²) in [7, 11) is 0. The Kier molecular flexibility index (Phi) is 4.61. The maximum atomic E-state index is 12.0. The van der Waals surface area contributed by atoms with E-state index in [1.165, 1.54) is 12.5 Å². The van der Waals surface area contributed by atoms with Gasteiger partial charge in [-0.15, -0.1) is 0 Å². The molecule has 0 radical (unpaired) electrons. The third-order valence-corrected chi connectivity index (χ3v) is 3.68. The molecule has 2 amide bonds. The lowest BCUT2D eigenvalue weighted by atomic mass is 9.96. The van der Waals surface area contributed by atoms with E-state index in [2.05, 4.69) is 10.6 Å². The first-order valence-electron chi connectivity index (χ1n) is 6.98. The third-order valence-electron chi connectivity index (χ3n) is 3.68. The fourth-order valence-electron chi connectivity index (χ4n) is 2.59. The van der Waals surface area contributed by atoms with E-state index in [9.17, 15) is 9.59 Å². The monoisotopic (exact) mass is 276 g/mol. The summed E-state index contributed by atoms with van der Waals surface area (Å²) in [6.45, 7) is 1.78. The van der Waals surface area contributed by atoms with Gasteiger partial charge in [-0.3, -0.25) is 0 Å². The largest absolute Gasteiger partial charge is 0.478 e. The number of para-hydroxylation sites is 1. The summed E-state index contributed by atoms with van der Waals surface area (Å²) in [4.78, 5) is 23.2. The number of anilines is 1. The van der Waals surface area contributed by atoms with E-state index < -0.39 is 5.97 Å². The second-order valence-corrected chi connectivity index (χ2v) is 5.24. The van der Waals surface area contributed by atoms with Gasteiger partial charge >= 0.3 is 12.0 Å². The molecule has 0 bridgehead atoms. The van der Waals surface area contributed by atoms with E-state index in [0.717, 1.165) is 31.2 Å². The van der Waals surface area contributed by atoms with Gasteiger partial charge in [-0.1, -0.05) is 31.4 Å². The number of urea groups is 1. The molecular formula is C15H20N2O3. The lowest BCUT2D eigenvalue weighted by Gasteiger charge is -2.23. The fraction of sp³-hybridized carbons (Fsp3) is 0.467. The average molecular weight is 276 g/mol. The molecule has 5 nitrogen and oxygen atoms in total. The number of amides is 2. The molecule has 0 heterocycles. The van der Waals surface area contributed by atoms with Crippen molar-refractivity contribution >= 4 is 17.7 Å². The number of hydrogen-bond donors (Lipinski definition) is 3. The lowest BCUT2D eigenvalue weighted by Crippen LogP contribution is -2.39. The van der Waals surface area contributed by atoms with Crippen molar-refractivity contribution in [3.8, 4) is 0 Å². The van der Waals surface area contributed by atoms with E-state index in [1.54, 1.807) is 19.1 Å². The van der Waals surface area contributed by atoms with E-state index in [1.807, 2.05) is 0 Å². The molecule has 2 rings (SSSR count). The SMILES string of the molecule is Cc1cccc(C(=O)O)c1NC(=O)NC1CCCCC1. The molecule has 0 saturated heterocycles. The first kappa shape index (κ1) is 14.4. The number of carbonyl (C=O) groups excluding carboxylic acids is 1. The van der Waals surface area contributed by atoms with Crippen LogP contribution in [-0.4, -0.2) is 23.1 Å². The normalized spacial score (nSPS) is 15.7. The van der Waals surface area contributed by atoms with Crippen LogP contribution >= 0.6 is 0 Å². The zero-order valence-corrected chi connectivity index (χ0v) is 11.6. The molecule has 1 aliphatic carbocycles. The van der Waals surface area contributed by atoms with Gasteiger partial charge in [0, 0.05) is 6.04 Å². The zero-order chi connectivity index (χ0) is 14.5. The molecular weight excluding hydrogens is 256 g/mol. The number of carboxylic acids is 1. The maximum absolute atomic E-state index is 12.0. The van der Waals surface area contributed by atoms with Gasteiger partial charge in [-0.05, 0) is 31.4 Å². The predicted octanol–water partition coefficient (Wildman–Crippen LogP) is 3.15. The number of nitrogens with one attached hydrogen (secondary N) is 2. The lowest BCUT2D eigenvalue weighted by molar-refractivity contribution is 0.0698. The van der Waals surface area contributed by atoms with Gasteiger partial charge in [0.15, 0.2) is 0 Å². The van der Waals surface area contributed by atoms with E-state index in [0.29, 0.717) is 5.69 Å². The summed E-state index contributed by atoms with van der Waals surface area (Å²) in [6, 6.07) is 4.81. The Labute approximate surface area is 118 Å². The minimum Gasteiger partial charge on any atom is -0.478 e. The van der Waals surface area contributed by atoms with Crippen LogP contribution in [0.25, 0.3) is 0 Å². The quantitative estimate of drug-likeness (QED) is 0.793. The van der Waals surface area contributed by atoms with Gasteiger partial charge < -0.3 is 15.7 Å². The molecule has 0 spiro atoms. The molecule has 1 aromatic carbocycles. The van der Waals surface area contributed by atoms with Crippen molar-refractivity contribution < 1.29 is 14.7 Å². The molecule has 1 fully saturated rings. The molecule has 20 heavy (non-hydrogen) atoms. The Hall–Kier alpha value is -2.04. The maximum Gasteiger partial charge on any atom is 0.337 e. The zero-order valence-electron chi connectivity index (χ0n) is 11.6. The molecule has 5 heteroatoms. The summed E-state index contributed by atoms with van der Waals surface area (Å²) in [5.41, 5.74) is 1.22. The standard InChI is InChI=1S/C15H20N2O3/c1-10-6-5-9-12(14(18)19)13(10)17-15(20)16-11-7-3-2-4-8-11/h5-6,9,11H,2-4,7-8H2,1H3,(H,18,19)(H2,16,17,20). The molecule has 108 valence electrons. The second-order valence-electron chi connectivity index (χ2n) is 5.24. The molecule has 0 atom stereocenters. The van der Waals surface area contributed by atoms with Crippen molar-refractivity contribution in [2.24, 2.45) is 0 Å². The highest BCUT2D eigenvalue weighted by atomic mass is 16.4. The van der Waals surface area contributed by atoms with E-state index in [4.69, 9.17) is 5.11 Å². The van der Waals surface area contributed by atoms with Crippen LogP contribution in [0.5, 0.6) is 0 Å². The summed E-state index contributed by atoms with van der Waals surface area (Å²) in [5, 5.41) is 14.7. The molecule has 0 aromatic heterocycles. The third kappa shape index (κ3) is 3.50. The van der Waals surface area contributed by atoms with Gasteiger partial charge in [-0.2, -0.15) is 0 Å². The second kappa shape index (κ2) is 6.41. The number of aryl methyl sites for hydroxylation is 1. The first-order valence-corrected chi connectivity index (χ1v) is 6.98. The number of hydrogen-bond acceptors (Lipinski definition) is 2. The number of benzene rings is 1. The van der Waals surface area contributed by atoms with E-state index in [-0.39, 0.29) is 17.6 Å². The van der Waals surface area contributed by atoms with Crippen LogP contribution < -0.4 is 10.6 Å². The van der Waals surface area contributed by atoms with Crippen LogP contribution in [0.3, 0.4) is 0 Å².